The lowest BCUT2D eigenvalue weighted by molar-refractivity contribution is 0.0548. The number of nitrogens with one attached hydrogen (secondary N) is 1. The fourth-order valence-electron chi connectivity index (χ4n) is 3.54. The molecule has 4 nitrogen and oxygen atoms in total. The van der Waals surface area contributed by atoms with Gasteiger partial charge in [0.15, 0.2) is 0 Å². The highest BCUT2D eigenvalue weighted by Gasteiger charge is 2.37. The number of amides is 1. The van der Waals surface area contributed by atoms with E-state index in [4.69, 9.17) is 0 Å². The van der Waals surface area contributed by atoms with Gasteiger partial charge in [-0.3, -0.25) is 4.79 Å². The van der Waals surface area contributed by atoms with Gasteiger partial charge in [-0.25, -0.2) is 4.98 Å². The number of aromatic nitrogens is 1. The molecular formula is C15H21N3O. The number of hydrogen-bond donors (Lipinski definition) is 1. The minimum Gasteiger partial charge on any atom is -0.373 e. The van der Waals surface area contributed by atoms with Gasteiger partial charge in [0.25, 0.3) is 5.91 Å². The zero-order valence-electron chi connectivity index (χ0n) is 11.4. The number of nitrogens with zero attached hydrogens (tertiary/aromatic N) is 2. The van der Waals surface area contributed by atoms with Crippen molar-refractivity contribution in [2.45, 2.75) is 38.1 Å². The zero-order chi connectivity index (χ0) is 13.2. The summed E-state index contributed by atoms with van der Waals surface area (Å²) in [6.07, 6.45) is 7.88. The Morgan fingerprint density at radius 1 is 1.32 bits per heavy atom. The van der Waals surface area contributed by atoms with Crippen LogP contribution < -0.4 is 5.32 Å². The molecule has 1 aliphatic heterocycles. The third-order valence-corrected chi connectivity index (χ3v) is 4.52. The molecule has 1 aromatic heterocycles. The molecule has 0 radical (unpaired) electrons. The van der Waals surface area contributed by atoms with Crippen LogP contribution in [0.3, 0.4) is 0 Å². The zero-order valence-corrected chi connectivity index (χ0v) is 11.4. The van der Waals surface area contributed by atoms with Crippen LogP contribution in [-0.4, -0.2) is 35.4 Å². The van der Waals surface area contributed by atoms with Crippen molar-refractivity contribution in [1.82, 2.24) is 9.88 Å². The maximum Gasteiger partial charge on any atom is 0.255 e. The van der Waals surface area contributed by atoms with Crippen molar-refractivity contribution in [3.8, 4) is 0 Å². The molecule has 102 valence electrons. The number of hydrogen-bond acceptors (Lipinski definition) is 3. The largest absolute Gasteiger partial charge is 0.373 e. The van der Waals surface area contributed by atoms with Crippen molar-refractivity contribution in [3.05, 3.63) is 23.9 Å². The quantitative estimate of drug-likeness (QED) is 0.887. The number of carbonyl (C=O) groups is 1. The molecule has 1 saturated heterocycles. The summed E-state index contributed by atoms with van der Waals surface area (Å²) >= 11 is 0. The molecule has 19 heavy (non-hydrogen) atoms. The highest BCUT2D eigenvalue weighted by molar-refractivity contribution is 5.94. The lowest BCUT2D eigenvalue weighted by atomic mass is 9.91. The molecule has 2 atom stereocenters. The summed E-state index contributed by atoms with van der Waals surface area (Å²) in [5.74, 6) is 1.70. The molecule has 2 unspecified atom stereocenters. The van der Waals surface area contributed by atoms with Crippen LogP contribution in [0.2, 0.25) is 0 Å². The fraction of sp³-hybridized carbons (Fsp3) is 0.600. The first-order chi connectivity index (χ1) is 9.29. The summed E-state index contributed by atoms with van der Waals surface area (Å²) in [7, 11) is 1.83. The van der Waals surface area contributed by atoms with E-state index < -0.39 is 0 Å². The normalized spacial score (nSPS) is 26.1. The molecule has 1 saturated carbocycles. The first-order valence-electron chi connectivity index (χ1n) is 7.24. The second-order valence-electron chi connectivity index (χ2n) is 5.58. The number of fused-ring (bicyclic) bond motifs is 1. The molecule has 1 amide bonds. The number of anilines is 1. The van der Waals surface area contributed by atoms with Crippen molar-refractivity contribution in [3.63, 3.8) is 0 Å². The van der Waals surface area contributed by atoms with E-state index in [1.165, 1.54) is 25.7 Å². The van der Waals surface area contributed by atoms with Crippen LogP contribution in [0.5, 0.6) is 0 Å². The predicted molar refractivity (Wildman–Crippen MR) is 75.2 cm³/mol. The number of pyridine rings is 1. The van der Waals surface area contributed by atoms with E-state index in [0.29, 0.717) is 11.6 Å². The number of piperidine rings is 1. The van der Waals surface area contributed by atoms with Gasteiger partial charge < -0.3 is 10.2 Å². The Hall–Kier alpha value is -1.58. The second-order valence-corrected chi connectivity index (χ2v) is 5.58. The molecule has 1 aliphatic carbocycles. The minimum absolute atomic E-state index is 0.159. The van der Waals surface area contributed by atoms with Gasteiger partial charge in [-0.1, -0.05) is 6.42 Å². The molecule has 3 rings (SSSR count). The minimum atomic E-state index is 0.159. The third-order valence-electron chi connectivity index (χ3n) is 4.52. The van der Waals surface area contributed by atoms with Crippen LogP contribution in [0.4, 0.5) is 5.82 Å². The first-order valence-corrected chi connectivity index (χ1v) is 7.24. The summed E-state index contributed by atoms with van der Waals surface area (Å²) in [6.45, 7) is 0.910. The van der Waals surface area contributed by atoms with Crippen LogP contribution in [-0.2, 0) is 0 Å². The van der Waals surface area contributed by atoms with Gasteiger partial charge in [0, 0.05) is 25.8 Å². The van der Waals surface area contributed by atoms with E-state index in [1.54, 1.807) is 6.20 Å². The SMILES string of the molecule is CNc1ccc(C(=O)N2CCCC3CCCC32)cn1. The summed E-state index contributed by atoms with van der Waals surface area (Å²) in [5.41, 5.74) is 0.714. The fourth-order valence-corrected chi connectivity index (χ4v) is 3.54. The van der Waals surface area contributed by atoms with E-state index in [0.717, 1.165) is 24.7 Å². The Morgan fingerprint density at radius 2 is 2.16 bits per heavy atom. The molecular weight excluding hydrogens is 238 g/mol. The predicted octanol–water partition coefficient (Wildman–Crippen LogP) is 2.53. The van der Waals surface area contributed by atoms with Crippen LogP contribution in [0, 0.1) is 5.92 Å². The second kappa shape index (κ2) is 5.19. The Kier molecular flexibility index (Phi) is 3.40. The van der Waals surface area contributed by atoms with Gasteiger partial charge in [-0.05, 0) is 43.7 Å². The van der Waals surface area contributed by atoms with Crippen molar-refractivity contribution in [1.29, 1.82) is 0 Å². The van der Waals surface area contributed by atoms with Crippen molar-refractivity contribution < 1.29 is 4.79 Å². The Morgan fingerprint density at radius 3 is 2.89 bits per heavy atom. The average Bonchev–Trinajstić information content (AvgIpc) is 2.95. The van der Waals surface area contributed by atoms with Crippen molar-refractivity contribution >= 4 is 11.7 Å². The van der Waals surface area contributed by atoms with E-state index >= 15 is 0 Å². The van der Waals surface area contributed by atoms with Gasteiger partial charge in [0.05, 0.1) is 5.56 Å². The smallest absolute Gasteiger partial charge is 0.255 e. The monoisotopic (exact) mass is 259 g/mol. The Bertz CT molecular complexity index is 457. The standard InChI is InChI=1S/C15H21N3O/c1-16-14-8-7-12(10-17-14)15(19)18-9-3-5-11-4-2-6-13(11)18/h7-8,10-11,13H,2-6,9H2,1H3,(H,16,17). The third kappa shape index (κ3) is 2.31. The van der Waals surface area contributed by atoms with E-state index in [2.05, 4.69) is 15.2 Å². The number of likely N-dealkylation sites (tertiary alicyclic amines) is 1. The highest BCUT2D eigenvalue weighted by Crippen LogP contribution is 2.37. The topological polar surface area (TPSA) is 45.2 Å². The first kappa shape index (κ1) is 12.5. The maximum absolute atomic E-state index is 12.6. The molecule has 0 bridgehead atoms. The average molecular weight is 259 g/mol. The van der Waals surface area contributed by atoms with Gasteiger partial charge >= 0.3 is 0 Å². The number of carbonyl (C=O) groups excluding carboxylic acids is 1. The summed E-state index contributed by atoms with van der Waals surface area (Å²) < 4.78 is 0. The summed E-state index contributed by atoms with van der Waals surface area (Å²) in [5, 5.41) is 2.97. The highest BCUT2D eigenvalue weighted by atomic mass is 16.2. The maximum atomic E-state index is 12.6. The Labute approximate surface area is 114 Å². The van der Waals surface area contributed by atoms with Crippen LogP contribution in [0.1, 0.15) is 42.5 Å². The molecule has 0 aromatic carbocycles. The van der Waals surface area contributed by atoms with Gasteiger partial charge in [0.2, 0.25) is 0 Å². The lowest BCUT2D eigenvalue weighted by Gasteiger charge is -2.37. The summed E-state index contributed by atoms with van der Waals surface area (Å²) in [6, 6.07) is 4.22. The molecule has 1 aromatic rings. The van der Waals surface area contributed by atoms with Crippen LogP contribution >= 0.6 is 0 Å². The summed E-state index contributed by atoms with van der Waals surface area (Å²) in [4.78, 5) is 18.9. The Balaban J connectivity index is 1.78. The van der Waals surface area contributed by atoms with Crippen molar-refractivity contribution in [2.75, 3.05) is 18.9 Å². The number of rotatable bonds is 2. The van der Waals surface area contributed by atoms with Crippen molar-refractivity contribution in [2.24, 2.45) is 5.92 Å². The molecule has 4 heteroatoms. The molecule has 1 N–H and O–H groups in total. The van der Waals surface area contributed by atoms with E-state index in [1.807, 2.05) is 19.2 Å². The van der Waals surface area contributed by atoms with Crippen LogP contribution in [0.15, 0.2) is 18.3 Å². The van der Waals surface area contributed by atoms with Gasteiger partial charge in [-0.15, -0.1) is 0 Å². The van der Waals surface area contributed by atoms with Gasteiger partial charge in [-0.2, -0.15) is 0 Å². The molecule has 0 spiro atoms. The van der Waals surface area contributed by atoms with Crippen LogP contribution in [0.25, 0.3) is 0 Å². The van der Waals surface area contributed by atoms with Gasteiger partial charge in [0.1, 0.15) is 5.82 Å². The molecule has 2 aliphatic rings. The lowest BCUT2D eigenvalue weighted by Crippen LogP contribution is -2.46. The van der Waals surface area contributed by atoms with E-state index in [9.17, 15) is 4.79 Å². The van der Waals surface area contributed by atoms with E-state index in [-0.39, 0.29) is 5.91 Å². The molecule has 2 fully saturated rings. The molecule has 2 heterocycles.